The van der Waals surface area contributed by atoms with E-state index in [-0.39, 0.29) is 15.4 Å². The number of sulfone groups is 2. The molecule has 0 saturated heterocycles. The summed E-state index contributed by atoms with van der Waals surface area (Å²) in [5, 5.41) is -1.38. The number of aryl methyl sites for hydroxylation is 1. The summed E-state index contributed by atoms with van der Waals surface area (Å²) in [5.74, 6) is 0. The van der Waals surface area contributed by atoms with Crippen molar-refractivity contribution in [1.82, 2.24) is 0 Å². The molecular weight excluding hydrogens is 348 g/mol. The molecule has 0 aliphatic heterocycles. The molecule has 0 heterocycles. The van der Waals surface area contributed by atoms with Crippen molar-refractivity contribution in [2.24, 2.45) is 0 Å². The fraction of sp³-hybridized carbons (Fsp3) is 0.500. The molecule has 22 heavy (non-hydrogen) atoms. The number of carbonyl (C=O) groups excluding carboxylic acids is 1. The number of rotatable bonds is 4. The Labute approximate surface area is 135 Å². The van der Waals surface area contributed by atoms with Gasteiger partial charge in [0.25, 0.3) is 5.24 Å². The Hall–Kier alpha value is -0.920. The van der Waals surface area contributed by atoms with Gasteiger partial charge in [0.05, 0.1) is 15.0 Å². The predicted octanol–water partition coefficient (Wildman–Crippen LogP) is 2.49. The molecule has 122 valence electrons. The smallest absolute Gasteiger partial charge is 0.252 e. The molecule has 0 bridgehead atoms. The van der Waals surface area contributed by atoms with Crippen LogP contribution in [0, 0.1) is 6.92 Å². The molecule has 1 fully saturated rings. The lowest BCUT2D eigenvalue weighted by Crippen LogP contribution is -2.21. The quantitative estimate of drug-likeness (QED) is 0.766. The molecule has 0 atom stereocenters. The van der Waals surface area contributed by atoms with E-state index in [1.54, 1.807) is 0 Å². The van der Waals surface area contributed by atoms with E-state index in [0.717, 1.165) is 25.2 Å². The SMILES string of the molecule is Cc1cc(S(=O)(=O)C2CCCC2)c(S(C)(=O)=O)cc1C(=O)Cl. The van der Waals surface area contributed by atoms with Crippen molar-refractivity contribution in [3.05, 3.63) is 23.3 Å². The summed E-state index contributed by atoms with van der Waals surface area (Å²) in [6.45, 7) is 1.54. The van der Waals surface area contributed by atoms with Gasteiger partial charge in [0.2, 0.25) is 0 Å². The maximum atomic E-state index is 12.8. The fourth-order valence-electron chi connectivity index (χ4n) is 2.76. The van der Waals surface area contributed by atoms with E-state index in [0.29, 0.717) is 18.4 Å². The lowest BCUT2D eigenvalue weighted by molar-refractivity contribution is 0.108. The molecule has 1 aromatic rings. The topological polar surface area (TPSA) is 85.3 Å². The first kappa shape index (κ1) is 17.4. The van der Waals surface area contributed by atoms with Crippen molar-refractivity contribution in [3.63, 3.8) is 0 Å². The van der Waals surface area contributed by atoms with E-state index in [2.05, 4.69) is 0 Å². The van der Waals surface area contributed by atoms with Gasteiger partial charge >= 0.3 is 0 Å². The zero-order valence-electron chi connectivity index (χ0n) is 12.3. The van der Waals surface area contributed by atoms with Crippen molar-refractivity contribution in [3.8, 4) is 0 Å². The van der Waals surface area contributed by atoms with E-state index in [4.69, 9.17) is 11.6 Å². The highest BCUT2D eigenvalue weighted by Gasteiger charge is 2.34. The van der Waals surface area contributed by atoms with Gasteiger partial charge < -0.3 is 0 Å². The van der Waals surface area contributed by atoms with Gasteiger partial charge in [0, 0.05) is 11.8 Å². The molecule has 0 spiro atoms. The van der Waals surface area contributed by atoms with Crippen molar-refractivity contribution in [2.75, 3.05) is 6.26 Å². The number of benzene rings is 1. The largest absolute Gasteiger partial charge is 0.276 e. The summed E-state index contributed by atoms with van der Waals surface area (Å²) in [6.07, 6.45) is 3.61. The third-order valence-electron chi connectivity index (χ3n) is 3.95. The van der Waals surface area contributed by atoms with Crippen molar-refractivity contribution in [2.45, 2.75) is 47.6 Å². The van der Waals surface area contributed by atoms with E-state index in [1.165, 1.54) is 13.0 Å². The lowest BCUT2D eigenvalue weighted by atomic mass is 10.1. The molecule has 0 N–H and O–H groups in total. The van der Waals surface area contributed by atoms with E-state index >= 15 is 0 Å². The maximum absolute atomic E-state index is 12.8. The van der Waals surface area contributed by atoms with Crippen LogP contribution in [0.4, 0.5) is 0 Å². The Kier molecular flexibility index (Phi) is 4.71. The van der Waals surface area contributed by atoms with Crippen LogP contribution in [0.1, 0.15) is 41.6 Å². The monoisotopic (exact) mass is 364 g/mol. The number of carbonyl (C=O) groups is 1. The first-order valence-electron chi connectivity index (χ1n) is 6.83. The van der Waals surface area contributed by atoms with Crippen LogP contribution >= 0.6 is 11.6 Å². The first-order valence-corrected chi connectivity index (χ1v) is 10.6. The van der Waals surface area contributed by atoms with Crippen LogP contribution < -0.4 is 0 Å². The Balaban J connectivity index is 2.75. The second-order valence-electron chi connectivity index (χ2n) is 5.61. The second-order valence-corrected chi connectivity index (χ2v) is 10.1. The summed E-state index contributed by atoms with van der Waals surface area (Å²) in [5.41, 5.74) is 0.358. The zero-order chi connectivity index (χ0) is 16.7. The minimum absolute atomic E-state index is 0.00691. The highest BCUT2D eigenvalue weighted by Crippen LogP contribution is 2.34. The standard InChI is InChI=1S/C14H17ClO5S2/c1-9-7-13(22(19,20)10-5-3-4-6-10)12(21(2,17)18)8-11(9)14(15)16/h7-8,10H,3-6H2,1-2H3. The van der Waals surface area contributed by atoms with Crippen LogP contribution in [0.3, 0.4) is 0 Å². The highest BCUT2D eigenvalue weighted by molar-refractivity contribution is 7.94. The summed E-state index contributed by atoms with van der Waals surface area (Å²) in [6, 6.07) is 2.32. The zero-order valence-corrected chi connectivity index (χ0v) is 14.7. The predicted molar refractivity (Wildman–Crippen MR) is 83.9 cm³/mol. The molecule has 0 unspecified atom stereocenters. The van der Waals surface area contributed by atoms with E-state index < -0.39 is 30.2 Å². The van der Waals surface area contributed by atoms with Gasteiger partial charge in [-0.05, 0) is 49.1 Å². The van der Waals surface area contributed by atoms with Gasteiger partial charge in [-0.15, -0.1) is 0 Å². The van der Waals surface area contributed by atoms with Crippen LogP contribution in [0.2, 0.25) is 0 Å². The molecule has 1 aliphatic rings. The molecule has 0 amide bonds. The lowest BCUT2D eigenvalue weighted by Gasteiger charge is -2.16. The molecule has 0 radical (unpaired) electrons. The normalized spacial score (nSPS) is 16.9. The van der Waals surface area contributed by atoms with E-state index in [1.807, 2.05) is 0 Å². The summed E-state index contributed by atoms with van der Waals surface area (Å²) >= 11 is 5.44. The average molecular weight is 365 g/mol. The summed E-state index contributed by atoms with van der Waals surface area (Å²) in [4.78, 5) is 10.8. The highest BCUT2D eigenvalue weighted by atomic mass is 35.5. The Morgan fingerprint density at radius 3 is 2.09 bits per heavy atom. The minimum atomic E-state index is -3.81. The summed E-state index contributed by atoms with van der Waals surface area (Å²) in [7, 11) is -7.56. The fourth-order valence-corrected chi connectivity index (χ4v) is 6.52. The number of hydrogen-bond donors (Lipinski definition) is 0. The third kappa shape index (κ3) is 3.21. The van der Waals surface area contributed by atoms with Crippen LogP contribution in [0.25, 0.3) is 0 Å². The van der Waals surface area contributed by atoms with Crippen molar-refractivity contribution in [1.29, 1.82) is 0 Å². The molecular formula is C14H17ClO5S2. The van der Waals surface area contributed by atoms with Crippen molar-refractivity contribution < 1.29 is 21.6 Å². The number of halogens is 1. The van der Waals surface area contributed by atoms with Gasteiger partial charge in [0.15, 0.2) is 19.7 Å². The summed E-state index contributed by atoms with van der Waals surface area (Å²) < 4.78 is 49.5. The second kappa shape index (κ2) is 5.94. The molecule has 8 heteroatoms. The molecule has 1 aliphatic carbocycles. The average Bonchev–Trinajstić information content (AvgIpc) is 2.90. The van der Waals surface area contributed by atoms with Crippen LogP contribution in [-0.2, 0) is 19.7 Å². The van der Waals surface area contributed by atoms with Gasteiger partial charge in [-0.25, -0.2) is 16.8 Å². The van der Waals surface area contributed by atoms with Gasteiger partial charge in [-0.2, -0.15) is 0 Å². The molecule has 1 saturated carbocycles. The molecule has 2 rings (SSSR count). The number of hydrogen-bond acceptors (Lipinski definition) is 5. The van der Waals surface area contributed by atoms with Gasteiger partial charge in [-0.3, -0.25) is 4.79 Å². The Bertz CT molecular complexity index is 819. The van der Waals surface area contributed by atoms with Crippen LogP contribution in [0.15, 0.2) is 21.9 Å². The van der Waals surface area contributed by atoms with Crippen LogP contribution in [0.5, 0.6) is 0 Å². The molecule has 0 aromatic heterocycles. The molecule has 5 nitrogen and oxygen atoms in total. The first-order chi connectivity index (χ1) is 10.0. The minimum Gasteiger partial charge on any atom is -0.276 e. The van der Waals surface area contributed by atoms with Gasteiger partial charge in [-0.1, -0.05) is 12.8 Å². The molecule has 1 aromatic carbocycles. The van der Waals surface area contributed by atoms with Crippen LogP contribution in [-0.4, -0.2) is 33.6 Å². The Morgan fingerprint density at radius 1 is 1.09 bits per heavy atom. The maximum Gasteiger partial charge on any atom is 0.252 e. The van der Waals surface area contributed by atoms with Crippen molar-refractivity contribution >= 4 is 36.5 Å². The third-order valence-corrected chi connectivity index (χ3v) is 7.72. The van der Waals surface area contributed by atoms with Gasteiger partial charge in [0.1, 0.15) is 0 Å². The van der Waals surface area contributed by atoms with E-state index in [9.17, 15) is 21.6 Å². The Morgan fingerprint density at radius 2 is 1.64 bits per heavy atom.